The average Bonchev–Trinajstić information content (AvgIpc) is 3.17. The molecule has 3 aromatic carbocycles. The zero-order chi connectivity index (χ0) is 25.0. The molecule has 6 nitrogen and oxygen atoms in total. The van der Waals surface area contributed by atoms with E-state index in [2.05, 4.69) is 31.2 Å². The van der Waals surface area contributed by atoms with E-state index in [9.17, 15) is 4.79 Å². The van der Waals surface area contributed by atoms with Gasteiger partial charge in [-0.25, -0.2) is 4.79 Å². The highest BCUT2D eigenvalue weighted by Gasteiger charge is 2.23. The quantitative estimate of drug-likeness (QED) is 0.205. The third kappa shape index (κ3) is 7.09. The van der Waals surface area contributed by atoms with Gasteiger partial charge in [-0.2, -0.15) is 0 Å². The van der Waals surface area contributed by atoms with E-state index in [1.165, 1.54) is 19.3 Å². The fourth-order valence-corrected chi connectivity index (χ4v) is 4.19. The number of aromatic nitrogens is 2. The molecule has 0 fully saturated rings. The first-order valence-electron chi connectivity index (χ1n) is 11.9. The molecule has 0 saturated heterocycles. The van der Waals surface area contributed by atoms with Crippen molar-refractivity contribution in [3.8, 4) is 28.2 Å². The van der Waals surface area contributed by atoms with Crippen LogP contribution in [0.3, 0.4) is 0 Å². The van der Waals surface area contributed by atoms with Crippen LogP contribution in [-0.2, 0) is 11.1 Å². The van der Waals surface area contributed by atoms with Crippen molar-refractivity contribution in [2.75, 3.05) is 0 Å². The summed E-state index contributed by atoms with van der Waals surface area (Å²) in [6, 6.07) is 30.5. The fraction of sp³-hybridized carbons (Fsp3) is 0.250. The van der Waals surface area contributed by atoms with Crippen molar-refractivity contribution in [2.45, 2.75) is 45.6 Å². The third-order valence-corrected chi connectivity index (χ3v) is 5.73. The second-order valence-electron chi connectivity index (χ2n) is 8.20. The average molecular weight is 492 g/mol. The highest BCUT2D eigenvalue weighted by Crippen LogP contribution is 2.33. The maximum Gasteiger partial charge on any atom is 0.692 e. The minimum absolute atomic E-state index is 0.0272. The Balaban J connectivity index is 0.000000795. The molecule has 0 aliphatic carbocycles. The molecule has 0 saturated carbocycles. The van der Waals surface area contributed by atoms with Crippen molar-refractivity contribution in [1.82, 2.24) is 9.13 Å². The van der Waals surface area contributed by atoms with Gasteiger partial charge in [0.25, 0.3) is 0 Å². The van der Waals surface area contributed by atoms with Crippen LogP contribution in [0.5, 0.6) is 0 Å². The first-order chi connectivity index (χ1) is 17.0. The number of hydrogen-bond donors (Lipinski definition) is 2. The van der Waals surface area contributed by atoms with E-state index in [1.807, 2.05) is 75.9 Å². The van der Waals surface area contributed by atoms with Crippen LogP contribution in [0.2, 0.25) is 0 Å². The Morgan fingerprint density at radius 3 is 1.66 bits per heavy atom. The molecular formula is C28H32N2O4P+. The minimum atomic E-state index is -2.87. The molecule has 2 N–H and O–H groups in total. The number of para-hydroxylation sites is 1. The molecule has 0 atom stereocenters. The molecule has 182 valence electrons. The molecule has 0 aliphatic rings. The zero-order valence-corrected chi connectivity index (χ0v) is 20.8. The number of rotatable bonds is 9. The maximum absolute atomic E-state index is 13.8. The second-order valence-corrected chi connectivity index (χ2v) is 8.71. The molecule has 4 aromatic rings. The Labute approximate surface area is 207 Å². The van der Waals surface area contributed by atoms with Crippen molar-refractivity contribution in [3.05, 3.63) is 101 Å². The summed E-state index contributed by atoms with van der Waals surface area (Å²) >= 11 is 0. The van der Waals surface area contributed by atoms with Gasteiger partial charge in [-0.3, -0.25) is 9.13 Å². The second kappa shape index (κ2) is 13.5. The van der Waals surface area contributed by atoms with E-state index in [4.69, 9.17) is 14.4 Å². The van der Waals surface area contributed by atoms with E-state index < -0.39 is 8.25 Å². The first-order valence-corrected chi connectivity index (χ1v) is 13.1. The van der Waals surface area contributed by atoms with Gasteiger partial charge >= 0.3 is 13.9 Å². The van der Waals surface area contributed by atoms with Gasteiger partial charge in [0.05, 0.1) is 17.1 Å². The predicted molar refractivity (Wildman–Crippen MR) is 142 cm³/mol. The summed E-state index contributed by atoms with van der Waals surface area (Å²) in [6.07, 6.45) is 5.84. The van der Waals surface area contributed by atoms with Gasteiger partial charge in [0.1, 0.15) is 0 Å². The Morgan fingerprint density at radius 1 is 0.686 bits per heavy atom. The maximum atomic E-state index is 13.8. The van der Waals surface area contributed by atoms with Gasteiger partial charge in [0.2, 0.25) is 0 Å². The first kappa shape index (κ1) is 26.3. The predicted octanol–water partition coefficient (Wildman–Crippen LogP) is 6.57. The normalized spacial score (nSPS) is 10.5. The van der Waals surface area contributed by atoms with Crippen LogP contribution >= 0.6 is 8.25 Å². The molecule has 0 bridgehead atoms. The van der Waals surface area contributed by atoms with Gasteiger partial charge in [0.15, 0.2) is 0 Å². The lowest BCUT2D eigenvalue weighted by Crippen LogP contribution is -2.24. The molecule has 0 unspecified atom stereocenters. The van der Waals surface area contributed by atoms with Crippen LogP contribution in [-0.4, -0.2) is 18.9 Å². The smallest absolute Gasteiger partial charge is 0.291 e. The van der Waals surface area contributed by atoms with Gasteiger partial charge in [0, 0.05) is 22.2 Å². The summed E-state index contributed by atoms with van der Waals surface area (Å²) in [5.41, 5.74) is 4.99. The van der Waals surface area contributed by atoms with Crippen LogP contribution in [0.1, 0.15) is 39.0 Å². The van der Waals surface area contributed by atoms with E-state index in [1.54, 1.807) is 0 Å². The topological polar surface area (TPSA) is 84.5 Å². The number of unbranched alkanes of at least 4 members (excludes halogenated alkanes) is 4. The monoisotopic (exact) mass is 491 g/mol. The number of imidazole rings is 1. The van der Waals surface area contributed by atoms with Gasteiger partial charge < -0.3 is 0 Å². The minimum Gasteiger partial charge on any atom is -0.291 e. The summed E-state index contributed by atoms with van der Waals surface area (Å²) < 4.78 is 12.6. The van der Waals surface area contributed by atoms with Crippen molar-refractivity contribution in [3.63, 3.8) is 0 Å². The molecule has 0 aliphatic heterocycles. The SMILES string of the molecule is CCCCCCCn1c(-c2ccccc2)c(-c2ccccc2)n(-c2ccccc2)c1=O.O=[P+](O)O. The van der Waals surface area contributed by atoms with Crippen LogP contribution in [0, 0.1) is 0 Å². The summed E-state index contributed by atoms with van der Waals surface area (Å²) in [7, 11) is -2.87. The summed E-state index contributed by atoms with van der Waals surface area (Å²) in [4.78, 5) is 28.0. The van der Waals surface area contributed by atoms with E-state index in [0.717, 1.165) is 47.6 Å². The molecule has 0 radical (unpaired) electrons. The van der Waals surface area contributed by atoms with Crippen LogP contribution < -0.4 is 5.69 Å². The van der Waals surface area contributed by atoms with E-state index in [-0.39, 0.29) is 5.69 Å². The lowest BCUT2D eigenvalue weighted by atomic mass is 10.0. The molecule has 1 aromatic heterocycles. The molecule has 4 rings (SSSR count). The molecule has 0 amide bonds. The largest absolute Gasteiger partial charge is 0.692 e. The van der Waals surface area contributed by atoms with Crippen molar-refractivity contribution in [1.29, 1.82) is 0 Å². The number of hydrogen-bond acceptors (Lipinski definition) is 2. The van der Waals surface area contributed by atoms with Crippen molar-refractivity contribution >= 4 is 8.25 Å². The van der Waals surface area contributed by atoms with Crippen LogP contribution in [0.25, 0.3) is 28.2 Å². The van der Waals surface area contributed by atoms with Crippen molar-refractivity contribution < 1.29 is 14.4 Å². The Hall–Kier alpha value is -3.31. The molecule has 0 spiro atoms. The lowest BCUT2D eigenvalue weighted by molar-refractivity contribution is 0.405. The standard InChI is InChI=1S/C28H30N2O.HO3P/c1-2-3-4-5-15-22-29-26(23-16-9-6-10-17-23)27(24-18-11-7-12-19-24)30(28(29)31)25-20-13-8-14-21-25;1-4(2)3/h6-14,16-21H,2-5,15,22H2,1H3;(H-,1,2,3)/p+1. The Bertz CT molecular complexity index is 1250. The highest BCUT2D eigenvalue weighted by molar-refractivity contribution is 7.30. The molecular weight excluding hydrogens is 459 g/mol. The number of nitrogens with zero attached hydrogens (tertiary/aromatic N) is 2. The lowest BCUT2D eigenvalue weighted by Gasteiger charge is -2.12. The molecule has 7 heteroatoms. The fourth-order valence-electron chi connectivity index (χ4n) is 4.19. The van der Waals surface area contributed by atoms with Gasteiger partial charge in [-0.05, 0) is 18.6 Å². The van der Waals surface area contributed by atoms with Gasteiger partial charge in [-0.1, -0.05) is 111 Å². The number of benzene rings is 3. The van der Waals surface area contributed by atoms with Crippen LogP contribution in [0.15, 0.2) is 95.8 Å². The summed E-state index contributed by atoms with van der Waals surface area (Å²) in [5, 5.41) is 0. The van der Waals surface area contributed by atoms with Gasteiger partial charge in [-0.15, -0.1) is 9.79 Å². The Kier molecular flexibility index (Phi) is 10.2. The van der Waals surface area contributed by atoms with E-state index in [0.29, 0.717) is 0 Å². The zero-order valence-electron chi connectivity index (χ0n) is 20.0. The highest BCUT2D eigenvalue weighted by atomic mass is 31.1. The Morgan fingerprint density at radius 2 is 1.14 bits per heavy atom. The third-order valence-electron chi connectivity index (χ3n) is 5.73. The van der Waals surface area contributed by atoms with Crippen LogP contribution in [0.4, 0.5) is 0 Å². The van der Waals surface area contributed by atoms with E-state index >= 15 is 0 Å². The van der Waals surface area contributed by atoms with Crippen molar-refractivity contribution in [2.24, 2.45) is 0 Å². The summed E-state index contributed by atoms with van der Waals surface area (Å²) in [5.74, 6) is 0. The molecule has 35 heavy (non-hydrogen) atoms. The summed E-state index contributed by atoms with van der Waals surface area (Å²) in [6.45, 7) is 2.95. The molecule has 1 heterocycles.